The summed E-state index contributed by atoms with van der Waals surface area (Å²) in [7, 11) is 1.69. The van der Waals surface area contributed by atoms with Gasteiger partial charge in [0, 0.05) is 26.2 Å². The molecular weight excluding hydrogens is 245 g/mol. The van der Waals surface area contributed by atoms with Crippen LogP contribution in [0.25, 0.3) is 0 Å². The van der Waals surface area contributed by atoms with Crippen LogP contribution < -0.4 is 0 Å². The highest BCUT2D eigenvalue weighted by atomic mass is 19.1. The summed E-state index contributed by atoms with van der Waals surface area (Å²) < 4.78 is 18.0. The van der Waals surface area contributed by atoms with E-state index in [9.17, 15) is 9.50 Å². The Hall–Kier alpha value is -0.190. The Morgan fingerprint density at radius 1 is 1.26 bits per heavy atom. The van der Waals surface area contributed by atoms with Gasteiger partial charge in [0.25, 0.3) is 0 Å². The second-order valence-electron chi connectivity index (χ2n) is 6.23. The lowest BCUT2D eigenvalue weighted by atomic mass is 9.67. The highest BCUT2D eigenvalue weighted by Gasteiger charge is 2.46. The third-order valence-electron chi connectivity index (χ3n) is 5.17. The van der Waals surface area contributed by atoms with Crippen LogP contribution in [-0.4, -0.2) is 55.6 Å². The number of aliphatic hydroxyl groups excluding tert-OH is 1. The zero-order valence-corrected chi connectivity index (χ0v) is 12.1. The molecular formula is C15H28FNO2. The third kappa shape index (κ3) is 3.47. The van der Waals surface area contributed by atoms with E-state index in [0.29, 0.717) is 24.6 Å². The molecule has 0 aromatic heterocycles. The van der Waals surface area contributed by atoms with Gasteiger partial charge in [0.05, 0.1) is 12.7 Å². The molecule has 0 bridgehead atoms. The zero-order chi connectivity index (χ0) is 13.7. The van der Waals surface area contributed by atoms with Crippen molar-refractivity contribution in [2.24, 2.45) is 5.41 Å². The average molecular weight is 273 g/mol. The van der Waals surface area contributed by atoms with E-state index >= 15 is 0 Å². The third-order valence-corrected chi connectivity index (χ3v) is 5.17. The molecule has 19 heavy (non-hydrogen) atoms. The summed E-state index contributed by atoms with van der Waals surface area (Å²) in [6, 6.07) is 0.338. The summed E-state index contributed by atoms with van der Waals surface area (Å²) in [5.74, 6) is 0. The number of aliphatic hydroxyl groups is 1. The molecule has 0 radical (unpaired) electrons. The molecule has 2 fully saturated rings. The number of nitrogens with zero attached hydrogens (tertiary/aromatic N) is 1. The van der Waals surface area contributed by atoms with E-state index in [1.165, 1.54) is 25.7 Å². The minimum Gasteiger partial charge on any atom is -0.393 e. The van der Waals surface area contributed by atoms with Gasteiger partial charge in [-0.25, -0.2) is 4.39 Å². The van der Waals surface area contributed by atoms with Crippen LogP contribution in [0.3, 0.4) is 0 Å². The number of methoxy groups -OCH3 is 1. The minimum atomic E-state index is -0.313. The largest absolute Gasteiger partial charge is 0.393 e. The number of hydrogen-bond acceptors (Lipinski definition) is 3. The quantitative estimate of drug-likeness (QED) is 0.806. The fourth-order valence-corrected chi connectivity index (χ4v) is 4.19. The van der Waals surface area contributed by atoms with Crippen LogP contribution in [0.5, 0.6) is 0 Å². The summed E-state index contributed by atoms with van der Waals surface area (Å²) in [6.07, 6.45) is 7.71. The molecule has 2 aliphatic rings. The van der Waals surface area contributed by atoms with Gasteiger partial charge in [-0.05, 0) is 37.5 Å². The minimum absolute atomic E-state index is 0.208. The van der Waals surface area contributed by atoms with Crippen LogP contribution >= 0.6 is 0 Å². The summed E-state index contributed by atoms with van der Waals surface area (Å²) in [4.78, 5) is 2.23. The van der Waals surface area contributed by atoms with Gasteiger partial charge in [-0.15, -0.1) is 0 Å². The van der Waals surface area contributed by atoms with Crippen molar-refractivity contribution < 1.29 is 14.2 Å². The van der Waals surface area contributed by atoms with E-state index < -0.39 is 0 Å². The van der Waals surface area contributed by atoms with Gasteiger partial charge >= 0.3 is 0 Å². The van der Waals surface area contributed by atoms with E-state index in [4.69, 9.17) is 4.74 Å². The lowest BCUT2D eigenvalue weighted by Gasteiger charge is -2.48. The van der Waals surface area contributed by atoms with Crippen molar-refractivity contribution >= 4 is 0 Å². The van der Waals surface area contributed by atoms with Gasteiger partial charge in [0.1, 0.15) is 6.67 Å². The number of alkyl halides is 1. The first-order valence-corrected chi connectivity index (χ1v) is 7.69. The van der Waals surface area contributed by atoms with Gasteiger partial charge < -0.3 is 9.84 Å². The maximum atomic E-state index is 12.9. The van der Waals surface area contributed by atoms with Crippen LogP contribution in [-0.2, 0) is 4.74 Å². The Morgan fingerprint density at radius 3 is 2.63 bits per heavy atom. The summed E-state index contributed by atoms with van der Waals surface area (Å²) >= 11 is 0. The molecule has 0 aromatic carbocycles. The lowest BCUT2D eigenvalue weighted by molar-refractivity contribution is -0.0348. The fraction of sp³-hybridized carbons (Fsp3) is 1.00. The first-order valence-electron chi connectivity index (χ1n) is 7.69. The van der Waals surface area contributed by atoms with Gasteiger partial charge in [0.15, 0.2) is 0 Å². The summed E-state index contributed by atoms with van der Waals surface area (Å²) in [5.41, 5.74) is 0.335. The Labute approximate surface area is 116 Å². The Balaban J connectivity index is 2.09. The molecule has 4 heteroatoms. The van der Waals surface area contributed by atoms with Gasteiger partial charge in [-0.3, -0.25) is 4.90 Å². The van der Waals surface area contributed by atoms with Crippen LogP contribution in [0.4, 0.5) is 4.39 Å². The van der Waals surface area contributed by atoms with Crippen molar-refractivity contribution in [2.75, 3.05) is 33.5 Å². The highest BCUT2D eigenvalue weighted by Crippen LogP contribution is 2.50. The van der Waals surface area contributed by atoms with E-state index in [1.54, 1.807) is 7.11 Å². The number of hydrogen-bond donors (Lipinski definition) is 1. The molecule has 0 amide bonds. The maximum Gasteiger partial charge on any atom is 0.102 e. The topological polar surface area (TPSA) is 32.7 Å². The van der Waals surface area contributed by atoms with Crippen molar-refractivity contribution in [1.82, 2.24) is 4.90 Å². The average Bonchev–Trinajstić information content (AvgIpc) is 2.87. The molecule has 0 saturated heterocycles. The maximum absolute atomic E-state index is 12.9. The normalized spacial score (nSPS) is 30.3. The van der Waals surface area contributed by atoms with Crippen LogP contribution in [0.15, 0.2) is 0 Å². The summed E-state index contributed by atoms with van der Waals surface area (Å²) in [6.45, 7) is 1.58. The number of halogens is 1. The SMILES string of the molecule is COCCN(CCF)C1CC(O)CCC12CCCC2. The molecule has 1 spiro atoms. The Morgan fingerprint density at radius 2 is 2.00 bits per heavy atom. The standard InChI is InChI=1S/C15H28FNO2/c1-19-11-10-17(9-8-16)14-12-13(18)4-7-15(14)5-2-3-6-15/h13-14,18H,2-12H2,1H3. The number of rotatable bonds is 6. The van der Waals surface area contributed by atoms with Crippen molar-refractivity contribution in [3.63, 3.8) is 0 Å². The van der Waals surface area contributed by atoms with Crippen molar-refractivity contribution in [2.45, 2.75) is 57.1 Å². The second-order valence-corrected chi connectivity index (χ2v) is 6.23. The highest BCUT2D eigenvalue weighted by molar-refractivity contribution is 5.00. The second kappa shape index (κ2) is 7.00. The zero-order valence-electron chi connectivity index (χ0n) is 12.1. The first kappa shape index (κ1) is 15.2. The number of ether oxygens (including phenoxy) is 1. The summed E-state index contributed by atoms with van der Waals surface area (Å²) in [5, 5.41) is 10.0. The van der Waals surface area contributed by atoms with Crippen LogP contribution in [0.1, 0.15) is 44.9 Å². The Kier molecular flexibility index (Phi) is 5.60. The predicted molar refractivity (Wildman–Crippen MR) is 74.0 cm³/mol. The lowest BCUT2D eigenvalue weighted by Crippen LogP contribution is -2.53. The van der Waals surface area contributed by atoms with Crippen molar-refractivity contribution in [1.29, 1.82) is 0 Å². The molecule has 3 nitrogen and oxygen atoms in total. The molecule has 2 rings (SSSR count). The molecule has 2 atom stereocenters. The van der Waals surface area contributed by atoms with E-state index in [2.05, 4.69) is 4.90 Å². The molecule has 1 N–H and O–H groups in total. The van der Waals surface area contributed by atoms with E-state index in [1.807, 2.05) is 0 Å². The molecule has 2 saturated carbocycles. The molecule has 0 heterocycles. The molecule has 0 aromatic rings. The van der Waals surface area contributed by atoms with Crippen LogP contribution in [0.2, 0.25) is 0 Å². The Bertz CT molecular complexity index is 269. The fourth-order valence-electron chi connectivity index (χ4n) is 4.19. The monoisotopic (exact) mass is 273 g/mol. The van der Waals surface area contributed by atoms with Gasteiger partial charge in [-0.1, -0.05) is 12.8 Å². The molecule has 112 valence electrons. The smallest absolute Gasteiger partial charge is 0.102 e. The van der Waals surface area contributed by atoms with Gasteiger partial charge in [-0.2, -0.15) is 0 Å². The molecule has 2 aliphatic carbocycles. The van der Waals surface area contributed by atoms with E-state index in [0.717, 1.165) is 25.8 Å². The predicted octanol–water partition coefficient (Wildman–Crippen LogP) is 2.38. The van der Waals surface area contributed by atoms with Crippen molar-refractivity contribution in [3.8, 4) is 0 Å². The molecule has 2 unspecified atom stereocenters. The van der Waals surface area contributed by atoms with Gasteiger partial charge in [0.2, 0.25) is 0 Å². The first-order chi connectivity index (χ1) is 9.22. The molecule has 0 aliphatic heterocycles. The van der Waals surface area contributed by atoms with E-state index in [-0.39, 0.29) is 12.8 Å². The van der Waals surface area contributed by atoms with Crippen molar-refractivity contribution in [3.05, 3.63) is 0 Å². The van der Waals surface area contributed by atoms with Crippen LogP contribution in [0, 0.1) is 5.41 Å².